The highest BCUT2D eigenvalue weighted by molar-refractivity contribution is 4.89. The van der Waals surface area contributed by atoms with E-state index >= 15 is 0 Å². The van der Waals surface area contributed by atoms with E-state index in [4.69, 9.17) is 5.11 Å². The van der Waals surface area contributed by atoms with Gasteiger partial charge in [-0.3, -0.25) is 4.90 Å². The van der Waals surface area contributed by atoms with Crippen molar-refractivity contribution in [3.05, 3.63) is 0 Å². The smallest absolute Gasteiger partial charge is 0.0443 e. The van der Waals surface area contributed by atoms with E-state index in [1.54, 1.807) is 0 Å². The molecule has 0 bridgehead atoms. The quantitative estimate of drug-likeness (QED) is 0.692. The Morgan fingerprint density at radius 1 is 1.38 bits per heavy atom. The lowest BCUT2D eigenvalue weighted by atomic mass is 9.80. The summed E-state index contributed by atoms with van der Waals surface area (Å²) in [5.74, 6) is 0.952. The molecule has 1 unspecified atom stereocenters. The third-order valence-corrected chi connectivity index (χ3v) is 4.09. The topological polar surface area (TPSA) is 35.5 Å². The Morgan fingerprint density at radius 2 is 2.19 bits per heavy atom. The van der Waals surface area contributed by atoms with E-state index < -0.39 is 0 Å². The summed E-state index contributed by atoms with van der Waals surface area (Å²) in [7, 11) is 0. The van der Waals surface area contributed by atoms with Crippen molar-refractivity contribution in [2.24, 2.45) is 5.92 Å². The Hall–Kier alpha value is -0.120. The molecular weight excluding hydrogens is 200 g/mol. The number of hydrogen-bond donors (Lipinski definition) is 2. The minimum atomic E-state index is 0.309. The van der Waals surface area contributed by atoms with Crippen LogP contribution in [0.5, 0.6) is 0 Å². The number of rotatable bonds is 5. The Balaban J connectivity index is 1.67. The van der Waals surface area contributed by atoms with Crippen molar-refractivity contribution in [2.75, 3.05) is 26.2 Å². The van der Waals surface area contributed by atoms with Gasteiger partial charge in [-0.15, -0.1) is 0 Å². The van der Waals surface area contributed by atoms with Crippen LogP contribution in [0.3, 0.4) is 0 Å². The van der Waals surface area contributed by atoms with Gasteiger partial charge in [0.05, 0.1) is 0 Å². The second-order valence-electron chi connectivity index (χ2n) is 5.60. The van der Waals surface area contributed by atoms with Gasteiger partial charge in [-0.05, 0) is 51.1 Å². The monoisotopic (exact) mass is 226 g/mol. The van der Waals surface area contributed by atoms with Gasteiger partial charge in [-0.25, -0.2) is 0 Å². The summed E-state index contributed by atoms with van der Waals surface area (Å²) < 4.78 is 0. The molecule has 2 N–H and O–H groups in total. The van der Waals surface area contributed by atoms with Gasteiger partial charge in [0.1, 0.15) is 0 Å². The Morgan fingerprint density at radius 3 is 2.88 bits per heavy atom. The van der Waals surface area contributed by atoms with Gasteiger partial charge in [0.15, 0.2) is 0 Å². The summed E-state index contributed by atoms with van der Waals surface area (Å²) in [4.78, 5) is 2.68. The van der Waals surface area contributed by atoms with Crippen LogP contribution in [0.25, 0.3) is 0 Å². The van der Waals surface area contributed by atoms with Crippen LogP contribution in [0.4, 0.5) is 0 Å². The van der Waals surface area contributed by atoms with Crippen LogP contribution in [0.15, 0.2) is 0 Å². The predicted molar refractivity (Wildman–Crippen MR) is 66.5 cm³/mol. The van der Waals surface area contributed by atoms with Crippen LogP contribution in [0, 0.1) is 5.92 Å². The van der Waals surface area contributed by atoms with E-state index in [2.05, 4.69) is 17.1 Å². The van der Waals surface area contributed by atoms with E-state index in [-0.39, 0.29) is 0 Å². The van der Waals surface area contributed by atoms with E-state index in [1.807, 2.05) is 0 Å². The summed E-state index contributed by atoms with van der Waals surface area (Å²) in [6, 6.07) is 1.54. The van der Waals surface area contributed by atoms with Crippen LogP contribution in [0.2, 0.25) is 0 Å². The molecule has 1 heterocycles. The maximum absolute atomic E-state index is 8.76. The van der Waals surface area contributed by atoms with E-state index in [9.17, 15) is 0 Å². The molecule has 1 aliphatic heterocycles. The molecule has 16 heavy (non-hydrogen) atoms. The normalized spacial score (nSPS) is 36.0. The first kappa shape index (κ1) is 12.3. The molecule has 0 aromatic rings. The highest BCUT2D eigenvalue weighted by Gasteiger charge is 2.33. The van der Waals surface area contributed by atoms with Crippen molar-refractivity contribution in [1.29, 1.82) is 0 Å². The van der Waals surface area contributed by atoms with Crippen LogP contribution < -0.4 is 5.32 Å². The van der Waals surface area contributed by atoms with Crippen molar-refractivity contribution >= 4 is 0 Å². The summed E-state index contributed by atoms with van der Waals surface area (Å²) in [5, 5.41) is 12.3. The number of piperidine rings is 1. The average Bonchev–Trinajstić information content (AvgIpc) is 2.26. The van der Waals surface area contributed by atoms with Crippen LogP contribution in [-0.2, 0) is 0 Å². The molecular formula is C13H26N2O. The van der Waals surface area contributed by atoms with Crippen molar-refractivity contribution in [2.45, 2.75) is 51.1 Å². The molecule has 2 fully saturated rings. The molecule has 3 heteroatoms. The lowest BCUT2D eigenvalue weighted by Gasteiger charge is -2.45. The zero-order valence-corrected chi connectivity index (χ0v) is 10.5. The van der Waals surface area contributed by atoms with Gasteiger partial charge in [0.25, 0.3) is 0 Å². The molecule has 0 aromatic carbocycles. The molecule has 1 saturated heterocycles. The number of nitrogens with one attached hydrogen (secondary N) is 1. The Labute approximate surface area is 99.2 Å². The molecule has 0 aromatic heterocycles. The zero-order chi connectivity index (χ0) is 11.4. The predicted octanol–water partition coefficient (Wildman–Crippen LogP) is 1.22. The maximum atomic E-state index is 8.76. The van der Waals surface area contributed by atoms with Gasteiger partial charge < -0.3 is 10.4 Å². The third-order valence-electron chi connectivity index (χ3n) is 4.09. The van der Waals surface area contributed by atoms with E-state index in [0.29, 0.717) is 12.6 Å². The Bertz CT molecular complexity index is 204. The van der Waals surface area contributed by atoms with Crippen LogP contribution >= 0.6 is 0 Å². The SMILES string of the molecule is CC1CC(N2CCCC(NCCCO)C2)C1. The number of aliphatic hydroxyl groups excluding tert-OH is 1. The first-order chi connectivity index (χ1) is 7.79. The van der Waals surface area contributed by atoms with Gasteiger partial charge in [0.2, 0.25) is 0 Å². The summed E-state index contributed by atoms with van der Waals surface area (Å²) in [5.41, 5.74) is 0. The van der Waals surface area contributed by atoms with Gasteiger partial charge in [0, 0.05) is 25.2 Å². The summed E-state index contributed by atoms with van der Waals surface area (Å²) in [6.07, 6.45) is 6.34. The third kappa shape index (κ3) is 3.19. The van der Waals surface area contributed by atoms with Gasteiger partial charge >= 0.3 is 0 Å². The molecule has 0 spiro atoms. The second-order valence-corrected chi connectivity index (χ2v) is 5.60. The minimum Gasteiger partial charge on any atom is -0.396 e. The van der Waals surface area contributed by atoms with Crippen molar-refractivity contribution < 1.29 is 5.11 Å². The first-order valence-corrected chi connectivity index (χ1v) is 6.88. The molecule has 0 radical (unpaired) electrons. The van der Waals surface area contributed by atoms with Gasteiger partial charge in [-0.1, -0.05) is 6.92 Å². The summed E-state index contributed by atoms with van der Waals surface area (Å²) >= 11 is 0. The number of likely N-dealkylation sites (tertiary alicyclic amines) is 1. The zero-order valence-electron chi connectivity index (χ0n) is 10.5. The molecule has 1 aliphatic carbocycles. The van der Waals surface area contributed by atoms with Gasteiger partial charge in [-0.2, -0.15) is 0 Å². The Kier molecular flexibility index (Phi) is 4.62. The molecule has 1 atom stereocenters. The summed E-state index contributed by atoms with van der Waals surface area (Å²) in [6.45, 7) is 6.16. The lowest BCUT2D eigenvalue weighted by molar-refractivity contribution is 0.0564. The lowest BCUT2D eigenvalue weighted by Crippen LogP contribution is -2.53. The van der Waals surface area contributed by atoms with E-state index in [0.717, 1.165) is 24.9 Å². The average molecular weight is 226 g/mol. The second kappa shape index (κ2) is 5.99. The molecule has 2 rings (SSSR count). The highest BCUT2D eigenvalue weighted by Crippen LogP contribution is 2.32. The fraction of sp³-hybridized carbons (Fsp3) is 1.00. The first-order valence-electron chi connectivity index (χ1n) is 6.88. The highest BCUT2D eigenvalue weighted by atomic mass is 16.3. The number of hydrogen-bond acceptors (Lipinski definition) is 3. The van der Waals surface area contributed by atoms with Crippen LogP contribution in [-0.4, -0.2) is 48.3 Å². The minimum absolute atomic E-state index is 0.309. The van der Waals surface area contributed by atoms with Crippen molar-refractivity contribution in [3.8, 4) is 0 Å². The fourth-order valence-electron chi connectivity index (χ4n) is 3.05. The number of nitrogens with zero attached hydrogens (tertiary/aromatic N) is 1. The van der Waals surface area contributed by atoms with Crippen molar-refractivity contribution in [3.63, 3.8) is 0 Å². The molecule has 3 nitrogen and oxygen atoms in total. The van der Waals surface area contributed by atoms with E-state index in [1.165, 1.54) is 38.8 Å². The molecule has 94 valence electrons. The number of aliphatic hydroxyl groups is 1. The maximum Gasteiger partial charge on any atom is 0.0443 e. The molecule has 0 amide bonds. The standard InChI is InChI=1S/C13H26N2O/c1-11-8-13(9-11)15-6-2-4-12(10-15)14-5-3-7-16/h11-14,16H,2-10H2,1H3. The molecule has 2 aliphatic rings. The largest absolute Gasteiger partial charge is 0.396 e. The van der Waals surface area contributed by atoms with Crippen molar-refractivity contribution in [1.82, 2.24) is 10.2 Å². The van der Waals surface area contributed by atoms with Crippen LogP contribution in [0.1, 0.15) is 39.0 Å². The fourth-order valence-corrected chi connectivity index (χ4v) is 3.05. The molecule has 1 saturated carbocycles.